The zero-order valence-corrected chi connectivity index (χ0v) is 11.7. The molecule has 0 spiro atoms. The number of anilines is 1. The van der Waals surface area contributed by atoms with Crippen LogP contribution in [-0.4, -0.2) is 16.9 Å². The lowest BCUT2D eigenvalue weighted by molar-refractivity contribution is -0.384. The molecular formula is C12H14BrN3O3. The molecule has 1 aromatic rings. The number of halogens is 1. The van der Waals surface area contributed by atoms with Crippen molar-refractivity contribution in [2.45, 2.75) is 25.3 Å². The monoisotopic (exact) mass is 327 g/mol. The molecular weight excluding hydrogens is 314 g/mol. The van der Waals surface area contributed by atoms with Gasteiger partial charge in [0.25, 0.3) is 5.69 Å². The molecule has 1 aliphatic rings. The molecule has 0 saturated heterocycles. The van der Waals surface area contributed by atoms with E-state index in [-0.39, 0.29) is 23.6 Å². The Bertz CT molecular complexity index is 521. The smallest absolute Gasteiger partial charge is 0.270 e. The number of carbonyl (C=O) groups is 1. The molecule has 2 unspecified atom stereocenters. The maximum atomic E-state index is 12.0. The number of carbonyl (C=O) groups excluding carboxylic acids is 1. The SMILES string of the molecule is NC1CCC(C(=O)Nc2ccc([N+](=O)[O-])cc2Br)C1. The van der Waals surface area contributed by atoms with E-state index in [0.717, 1.165) is 12.8 Å². The topological polar surface area (TPSA) is 98.3 Å². The van der Waals surface area contributed by atoms with Gasteiger partial charge in [-0.05, 0) is 41.3 Å². The fraction of sp³-hybridized carbons (Fsp3) is 0.417. The van der Waals surface area contributed by atoms with Gasteiger partial charge in [-0.15, -0.1) is 0 Å². The summed E-state index contributed by atoms with van der Waals surface area (Å²) in [5.74, 6) is -0.153. The molecule has 102 valence electrons. The molecule has 1 fully saturated rings. The molecule has 2 atom stereocenters. The van der Waals surface area contributed by atoms with Crippen LogP contribution in [0.15, 0.2) is 22.7 Å². The first kappa shape index (κ1) is 14.0. The number of nitrogens with zero attached hydrogens (tertiary/aromatic N) is 1. The summed E-state index contributed by atoms with van der Waals surface area (Å²) in [5, 5.41) is 13.4. The highest BCUT2D eigenvalue weighted by atomic mass is 79.9. The molecule has 7 heteroatoms. The Labute approximate surface area is 118 Å². The number of nitrogens with two attached hydrogens (primary N) is 1. The number of non-ortho nitro benzene ring substituents is 1. The summed E-state index contributed by atoms with van der Waals surface area (Å²) in [5.41, 5.74) is 6.29. The molecule has 0 aliphatic heterocycles. The van der Waals surface area contributed by atoms with Crippen molar-refractivity contribution < 1.29 is 9.72 Å². The molecule has 1 aromatic carbocycles. The van der Waals surface area contributed by atoms with Crippen molar-refractivity contribution in [3.63, 3.8) is 0 Å². The maximum absolute atomic E-state index is 12.0. The van der Waals surface area contributed by atoms with Gasteiger partial charge in [0, 0.05) is 28.6 Å². The Morgan fingerprint density at radius 2 is 2.21 bits per heavy atom. The quantitative estimate of drug-likeness (QED) is 0.657. The Balaban J connectivity index is 2.07. The van der Waals surface area contributed by atoms with Crippen molar-refractivity contribution in [3.05, 3.63) is 32.8 Å². The average molecular weight is 328 g/mol. The molecule has 0 bridgehead atoms. The van der Waals surface area contributed by atoms with Gasteiger partial charge in [-0.1, -0.05) is 0 Å². The molecule has 3 N–H and O–H groups in total. The van der Waals surface area contributed by atoms with Crippen molar-refractivity contribution in [2.75, 3.05) is 5.32 Å². The Morgan fingerprint density at radius 3 is 2.74 bits per heavy atom. The number of nitro benzene ring substituents is 1. The van der Waals surface area contributed by atoms with Crippen molar-refractivity contribution in [3.8, 4) is 0 Å². The van der Waals surface area contributed by atoms with Crippen LogP contribution in [0.2, 0.25) is 0 Å². The lowest BCUT2D eigenvalue weighted by Crippen LogP contribution is -2.23. The van der Waals surface area contributed by atoms with E-state index < -0.39 is 4.92 Å². The van der Waals surface area contributed by atoms with Crippen molar-refractivity contribution in [2.24, 2.45) is 11.7 Å². The van der Waals surface area contributed by atoms with Crippen LogP contribution in [-0.2, 0) is 4.79 Å². The van der Waals surface area contributed by atoms with Gasteiger partial charge in [-0.2, -0.15) is 0 Å². The average Bonchev–Trinajstić information content (AvgIpc) is 2.78. The molecule has 0 radical (unpaired) electrons. The van der Waals surface area contributed by atoms with Crippen LogP contribution in [0.3, 0.4) is 0 Å². The largest absolute Gasteiger partial charge is 0.328 e. The molecule has 2 rings (SSSR count). The zero-order chi connectivity index (χ0) is 14.0. The van der Waals surface area contributed by atoms with E-state index in [0.29, 0.717) is 16.6 Å². The number of nitrogens with one attached hydrogen (secondary N) is 1. The lowest BCUT2D eigenvalue weighted by atomic mass is 10.1. The van der Waals surface area contributed by atoms with Crippen LogP contribution in [0.25, 0.3) is 0 Å². The van der Waals surface area contributed by atoms with Crippen LogP contribution >= 0.6 is 15.9 Å². The molecule has 1 saturated carbocycles. The lowest BCUT2D eigenvalue weighted by Gasteiger charge is -2.11. The van der Waals surface area contributed by atoms with E-state index >= 15 is 0 Å². The first-order chi connectivity index (χ1) is 8.97. The van der Waals surface area contributed by atoms with Crippen LogP contribution in [0.5, 0.6) is 0 Å². The second-order valence-corrected chi connectivity index (χ2v) is 5.53. The number of benzene rings is 1. The summed E-state index contributed by atoms with van der Waals surface area (Å²) in [4.78, 5) is 22.1. The van der Waals surface area contributed by atoms with Crippen LogP contribution in [0, 0.1) is 16.0 Å². The summed E-state index contributed by atoms with van der Waals surface area (Å²) in [7, 11) is 0. The standard InChI is InChI=1S/C12H14BrN3O3/c13-10-6-9(16(18)19)3-4-11(10)15-12(17)7-1-2-8(14)5-7/h3-4,6-8H,1-2,5,14H2,(H,15,17). The van der Waals surface area contributed by atoms with Crippen molar-refractivity contribution >= 4 is 33.2 Å². The Morgan fingerprint density at radius 1 is 1.47 bits per heavy atom. The minimum Gasteiger partial charge on any atom is -0.328 e. The number of nitro groups is 1. The number of rotatable bonds is 3. The second kappa shape index (κ2) is 5.66. The number of hydrogen-bond donors (Lipinski definition) is 2. The van der Waals surface area contributed by atoms with Crippen LogP contribution in [0.1, 0.15) is 19.3 Å². The summed E-state index contributed by atoms with van der Waals surface area (Å²) < 4.78 is 0.498. The van der Waals surface area contributed by atoms with E-state index in [1.807, 2.05) is 0 Å². The highest BCUT2D eigenvalue weighted by Gasteiger charge is 2.28. The number of hydrogen-bond acceptors (Lipinski definition) is 4. The van der Waals surface area contributed by atoms with Gasteiger partial charge in [-0.25, -0.2) is 0 Å². The van der Waals surface area contributed by atoms with Gasteiger partial charge in [0.15, 0.2) is 0 Å². The van der Waals surface area contributed by atoms with Crippen LogP contribution < -0.4 is 11.1 Å². The van der Waals surface area contributed by atoms with Gasteiger partial charge in [0.2, 0.25) is 5.91 Å². The van der Waals surface area contributed by atoms with Gasteiger partial charge < -0.3 is 11.1 Å². The maximum Gasteiger partial charge on any atom is 0.270 e. The first-order valence-corrected chi connectivity index (χ1v) is 6.77. The summed E-state index contributed by atoms with van der Waals surface area (Å²) in [6, 6.07) is 4.35. The fourth-order valence-electron chi connectivity index (χ4n) is 2.21. The van der Waals surface area contributed by atoms with E-state index in [4.69, 9.17) is 5.73 Å². The predicted octanol–water partition coefficient (Wildman–Crippen LogP) is 2.42. The highest BCUT2D eigenvalue weighted by Crippen LogP contribution is 2.30. The molecule has 1 aliphatic carbocycles. The summed E-state index contributed by atoms with van der Waals surface area (Å²) in [6.45, 7) is 0. The minimum absolute atomic E-state index is 0.0206. The molecule has 0 aromatic heterocycles. The van der Waals surface area contributed by atoms with Crippen LogP contribution in [0.4, 0.5) is 11.4 Å². The molecule has 6 nitrogen and oxygen atoms in total. The molecule has 1 amide bonds. The minimum atomic E-state index is -0.480. The highest BCUT2D eigenvalue weighted by molar-refractivity contribution is 9.10. The van der Waals surface area contributed by atoms with Crippen molar-refractivity contribution in [1.82, 2.24) is 0 Å². The molecule has 19 heavy (non-hydrogen) atoms. The Hall–Kier alpha value is -1.47. The zero-order valence-electron chi connectivity index (χ0n) is 10.1. The van der Waals surface area contributed by atoms with E-state index in [1.54, 1.807) is 0 Å². The van der Waals surface area contributed by atoms with E-state index in [1.165, 1.54) is 18.2 Å². The van der Waals surface area contributed by atoms with Gasteiger partial charge >= 0.3 is 0 Å². The van der Waals surface area contributed by atoms with Gasteiger partial charge in [0.05, 0.1) is 10.6 Å². The van der Waals surface area contributed by atoms with E-state index in [2.05, 4.69) is 21.2 Å². The second-order valence-electron chi connectivity index (χ2n) is 4.68. The summed E-state index contributed by atoms with van der Waals surface area (Å²) >= 11 is 3.22. The van der Waals surface area contributed by atoms with Gasteiger partial charge in [0.1, 0.15) is 0 Å². The Kier molecular flexibility index (Phi) is 4.16. The van der Waals surface area contributed by atoms with Gasteiger partial charge in [-0.3, -0.25) is 14.9 Å². The molecule has 0 heterocycles. The normalized spacial score (nSPS) is 22.2. The summed E-state index contributed by atoms with van der Waals surface area (Å²) in [6.07, 6.45) is 2.34. The fourth-order valence-corrected chi connectivity index (χ4v) is 2.67. The third-order valence-corrected chi connectivity index (χ3v) is 3.92. The first-order valence-electron chi connectivity index (χ1n) is 5.97. The predicted molar refractivity (Wildman–Crippen MR) is 74.7 cm³/mol. The third-order valence-electron chi connectivity index (χ3n) is 3.27. The third kappa shape index (κ3) is 3.30. The van der Waals surface area contributed by atoms with Crippen molar-refractivity contribution in [1.29, 1.82) is 0 Å². The number of amides is 1. The van der Waals surface area contributed by atoms with E-state index in [9.17, 15) is 14.9 Å².